The molecule has 0 bridgehead atoms. The summed E-state index contributed by atoms with van der Waals surface area (Å²) in [4.78, 5) is 23.6. The number of nitriles is 1. The highest BCUT2D eigenvalue weighted by Gasteiger charge is 2.18. The van der Waals surface area contributed by atoms with E-state index < -0.39 is 4.92 Å². The summed E-state index contributed by atoms with van der Waals surface area (Å²) in [7, 11) is 0. The second-order valence-electron chi connectivity index (χ2n) is 3.82. The molecule has 0 fully saturated rings. The van der Waals surface area contributed by atoms with Gasteiger partial charge in [-0.1, -0.05) is 0 Å². The van der Waals surface area contributed by atoms with Gasteiger partial charge in [0.2, 0.25) is 0 Å². The lowest BCUT2D eigenvalue weighted by atomic mass is 10.1. The van der Waals surface area contributed by atoms with Gasteiger partial charge in [-0.05, 0) is 19.1 Å². The van der Waals surface area contributed by atoms with Crippen molar-refractivity contribution in [2.45, 2.75) is 13.3 Å². The summed E-state index contributed by atoms with van der Waals surface area (Å²) in [6.07, 6.45) is 0.238. The molecular formula is C12H14N4O3. The number of nitro benzene ring substituents is 1. The van der Waals surface area contributed by atoms with Gasteiger partial charge in [0.25, 0.3) is 11.6 Å². The number of nitrogens with zero attached hydrogens (tertiary/aromatic N) is 3. The fourth-order valence-electron chi connectivity index (χ4n) is 1.62. The lowest BCUT2D eigenvalue weighted by Gasteiger charge is -2.19. The molecule has 0 aliphatic heterocycles. The molecule has 1 aromatic rings. The Kier molecular flexibility index (Phi) is 4.83. The van der Waals surface area contributed by atoms with E-state index in [2.05, 4.69) is 0 Å². The molecule has 0 aliphatic rings. The van der Waals surface area contributed by atoms with Crippen LogP contribution < -0.4 is 5.73 Å². The van der Waals surface area contributed by atoms with Crippen LogP contribution in [-0.2, 0) is 0 Å². The van der Waals surface area contributed by atoms with E-state index in [1.807, 2.05) is 6.07 Å². The zero-order valence-electron chi connectivity index (χ0n) is 10.5. The van der Waals surface area contributed by atoms with Crippen LogP contribution in [0.2, 0.25) is 0 Å². The molecule has 0 saturated carbocycles. The largest absolute Gasteiger partial charge is 0.393 e. The highest BCUT2D eigenvalue weighted by molar-refractivity contribution is 5.95. The summed E-state index contributed by atoms with van der Waals surface area (Å²) in [6.45, 7) is 2.57. The second-order valence-corrected chi connectivity index (χ2v) is 3.82. The minimum Gasteiger partial charge on any atom is -0.393 e. The van der Waals surface area contributed by atoms with Gasteiger partial charge in [-0.15, -0.1) is 0 Å². The first-order valence-corrected chi connectivity index (χ1v) is 5.71. The molecule has 0 radical (unpaired) electrons. The number of nitro groups is 1. The predicted molar refractivity (Wildman–Crippen MR) is 69.3 cm³/mol. The molecule has 19 heavy (non-hydrogen) atoms. The summed E-state index contributed by atoms with van der Waals surface area (Å²) in [5.41, 5.74) is 5.54. The summed E-state index contributed by atoms with van der Waals surface area (Å²) < 4.78 is 0. The normalized spacial score (nSPS) is 9.68. The summed E-state index contributed by atoms with van der Waals surface area (Å²) in [6, 6.07) is 5.83. The number of nitrogens with two attached hydrogens (primary N) is 1. The fourth-order valence-corrected chi connectivity index (χ4v) is 1.62. The van der Waals surface area contributed by atoms with Gasteiger partial charge in [-0.25, -0.2) is 0 Å². The predicted octanol–water partition coefficient (Wildman–Crippen LogP) is 1.55. The smallest absolute Gasteiger partial charge is 0.292 e. The minimum absolute atomic E-state index is 0.0489. The zero-order valence-corrected chi connectivity index (χ0v) is 10.5. The average molecular weight is 262 g/mol. The van der Waals surface area contributed by atoms with Gasteiger partial charge in [0.05, 0.1) is 17.4 Å². The van der Waals surface area contributed by atoms with Crippen molar-refractivity contribution in [1.29, 1.82) is 5.26 Å². The number of hydrogen-bond donors (Lipinski definition) is 1. The number of rotatable bonds is 5. The summed E-state index contributed by atoms with van der Waals surface area (Å²) in [5.74, 6) is -0.292. The van der Waals surface area contributed by atoms with Gasteiger partial charge < -0.3 is 10.6 Å². The summed E-state index contributed by atoms with van der Waals surface area (Å²) in [5, 5.41) is 19.2. The van der Waals surface area contributed by atoms with Crippen molar-refractivity contribution < 1.29 is 9.72 Å². The van der Waals surface area contributed by atoms with E-state index in [-0.39, 0.29) is 29.3 Å². The van der Waals surface area contributed by atoms with Gasteiger partial charge in [-0.2, -0.15) is 5.26 Å². The van der Waals surface area contributed by atoms with E-state index in [1.54, 1.807) is 6.92 Å². The Morgan fingerprint density at radius 1 is 1.58 bits per heavy atom. The Morgan fingerprint density at radius 2 is 2.26 bits per heavy atom. The molecule has 0 atom stereocenters. The van der Waals surface area contributed by atoms with E-state index in [0.717, 1.165) is 0 Å². The molecule has 0 saturated heterocycles. The van der Waals surface area contributed by atoms with Crippen molar-refractivity contribution in [3.63, 3.8) is 0 Å². The topological polar surface area (TPSA) is 113 Å². The van der Waals surface area contributed by atoms with Crippen molar-refractivity contribution in [3.05, 3.63) is 33.9 Å². The van der Waals surface area contributed by atoms with Crippen LogP contribution in [0.15, 0.2) is 18.2 Å². The van der Waals surface area contributed by atoms with Gasteiger partial charge in [0, 0.05) is 24.7 Å². The summed E-state index contributed by atoms with van der Waals surface area (Å²) >= 11 is 0. The third-order valence-corrected chi connectivity index (χ3v) is 2.63. The molecule has 1 aromatic carbocycles. The SMILES string of the molecule is CCN(CCC#N)C(=O)c1ccc([N+](=O)[O-])c(N)c1. The third kappa shape index (κ3) is 3.42. The van der Waals surface area contributed by atoms with Gasteiger partial charge in [-0.3, -0.25) is 14.9 Å². The van der Waals surface area contributed by atoms with Crippen LogP contribution in [0.3, 0.4) is 0 Å². The molecule has 0 heterocycles. The number of anilines is 1. The maximum Gasteiger partial charge on any atom is 0.292 e. The molecule has 0 aliphatic carbocycles. The molecule has 0 unspecified atom stereocenters. The molecular weight excluding hydrogens is 248 g/mol. The Bertz CT molecular complexity index is 536. The highest BCUT2D eigenvalue weighted by Crippen LogP contribution is 2.22. The fraction of sp³-hybridized carbons (Fsp3) is 0.333. The second kappa shape index (κ2) is 6.35. The van der Waals surface area contributed by atoms with Crippen LogP contribution in [0, 0.1) is 21.4 Å². The Labute approximate surface area is 110 Å². The van der Waals surface area contributed by atoms with Crippen LogP contribution in [0.25, 0.3) is 0 Å². The van der Waals surface area contributed by atoms with Gasteiger partial charge >= 0.3 is 0 Å². The van der Waals surface area contributed by atoms with E-state index in [4.69, 9.17) is 11.0 Å². The van der Waals surface area contributed by atoms with Crippen molar-refractivity contribution >= 4 is 17.3 Å². The van der Waals surface area contributed by atoms with Gasteiger partial charge in [0.15, 0.2) is 0 Å². The number of carbonyl (C=O) groups excluding carboxylic acids is 1. The van der Waals surface area contributed by atoms with Crippen molar-refractivity contribution in [1.82, 2.24) is 4.90 Å². The Hall–Kier alpha value is -2.62. The van der Waals surface area contributed by atoms with Crippen LogP contribution in [-0.4, -0.2) is 28.8 Å². The molecule has 7 heteroatoms. The Morgan fingerprint density at radius 3 is 2.74 bits per heavy atom. The maximum absolute atomic E-state index is 12.1. The maximum atomic E-state index is 12.1. The molecule has 2 N–H and O–H groups in total. The molecule has 0 spiro atoms. The van der Waals surface area contributed by atoms with Crippen molar-refractivity contribution in [2.75, 3.05) is 18.8 Å². The molecule has 1 amide bonds. The lowest BCUT2D eigenvalue weighted by Crippen LogP contribution is -2.31. The monoisotopic (exact) mass is 262 g/mol. The van der Waals surface area contributed by atoms with Crippen molar-refractivity contribution in [3.8, 4) is 6.07 Å². The molecule has 100 valence electrons. The van der Waals surface area contributed by atoms with Crippen LogP contribution in [0.5, 0.6) is 0 Å². The van der Waals surface area contributed by atoms with Crippen LogP contribution >= 0.6 is 0 Å². The zero-order chi connectivity index (χ0) is 14.4. The first-order chi connectivity index (χ1) is 9.01. The quantitative estimate of drug-likeness (QED) is 0.491. The first kappa shape index (κ1) is 14.4. The highest BCUT2D eigenvalue weighted by atomic mass is 16.6. The van der Waals surface area contributed by atoms with Gasteiger partial charge in [0.1, 0.15) is 5.69 Å². The number of carbonyl (C=O) groups is 1. The number of nitrogen functional groups attached to an aromatic ring is 1. The van der Waals surface area contributed by atoms with E-state index in [1.165, 1.54) is 23.1 Å². The first-order valence-electron chi connectivity index (χ1n) is 5.71. The van der Waals surface area contributed by atoms with E-state index >= 15 is 0 Å². The average Bonchev–Trinajstić information content (AvgIpc) is 2.38. The van der Waals surface area contributed by atoms with E-state index in [9.17, 15) is 14.9 Å². The lowest BCUT2D eigenvalue weighted by molar-refractivity contribution is -0.383. The van der Waals surface area contributed by atoms with Crippen LogP contribution in [0.4, 0.5) is 11.4 Å². The van der Waals surface area contributed by atoms with E-state index in [0.29, 0.717) is 13.1 Å². The van der Waals surface area contributed by atoms with Crippen molar-refractivity contribution in [2.24, 2.45) is 0 Å². The molecule has 0 aromatic heterocycles. The minimum atomic E-state index is -0.600. The Balaban J connectivity index is 2.97. The standard InChI is InChI=1S/C12H14N4O3/c1-2-15(7-3-6-13)12(17)9-4-5-11(16(18)19)10(14)8-9/h4-5,8H,2-3,7,14H2,1H3. The number of hydrogen-bond acceptors (Lipinski definition) is 5. The number of benzene rings is 1. The molecule has 1 rings (SSSR count). The van der Waals surface area contributed by atoms with Crippen LogP contribution in [0.1, 0.15) is 23.7 Å². The number of amides is 1. The molecule has 7 nitrogen and oxygen atoms in total. The third-order valence-electron chi connectivity index (χ3n) is 2.63.